The molecule has 0 radical (unpaired) electrons. The number of fused-ring (bicyclic) bond motifs is 1. The molecule has 0 saturated carbocycles. The molecule has 0 bridgehead atoms. The number of nitrogens with zero attached hydrogens (tertiary/aromatic N) is 4. The van der Waals surface area contributed by atoms with Gasteiger partial charge in [-0.05, 0) is 30.7 Å². The van der Waals surface area contributed by atoms with Crippen LogP contribution >= 0.6 is 0 Å². The molecule has 3 rings (SSSR count). The van der Waals surface area contributed by atoms with Crippen LogP contribution in [0.4, 0.5) is 8.78 Å². The Morgan fingerprint density at radius 2 is 1.97 bits per heavy atom. The Morgan fingerprint density at radius 1 is 1.24 bits per heavy atom. The first-order valence-electron chi connectivity index (χ1n) is 8.60. The highest BCUT2D eigenvalue weighted by molar-refractivity contribution is 5.98. The highest BCUT2D eigenvalue weighted by atomic mass is 19.3. The van der Waals surface area contributed by atoms with Crippen molar-refractivity contribution in [1.29, 1.82) is 0 Å². The number of carbonyl (C=O) groups is 2. The molecule has 8 nitrogen and oxygen atoms in total. The van der Waals surface area contributed by atoms with Gasteiger partial charge in [-0.1, -0.05) is 12.1 Å². The normalized spacial score (nSPS) is 10.9. The fourth-order valence-corrected chi connectivity index (χ4v) is 2.68. The second-order valence-corrected chi connectivity index (χ2v) is 6.20. The number of benzene rings is 1. The molecule has 0 aliphatic rings. The average molecular weight is 404 g/mol. The molecule has 10 heteroatoms. The summed E-state index contributed by atoms with van der Waals surface area (Å²) in [7, 11) is 1.54. The Kier molecular flexibility index (Phi) is 6.01. The molecule has 2 heterocycles. The number of aryl methyl sites for hydroxylation is 1. The molecule has 0 saturated heterocycles. The van der Waals surface area contributed by atoms with Gasteiger partial charge in [0.1, 0.15) is 11.3 Å². The summed E-state index contributed by atoms with van der Waals surface area (Å²) in [5, 5.41) is 4.18. The second-order valence-electron chi connectivity index (χ2n) is 6.20. The predicted octanol–water partition coefficient (Wildman–Crippen LogP) is 2.45. The minimum Gasteiger partial charge on any atom is -0.452 e. The fourth-order valence-electron chi connectivity index (χ4n) is 2.68. The minimum absolute atomic E-state index is 0.0315. The summed E-state index contributed by atoms with van der Waals surface area (Å²) in [5.41, 5.74) is 1.70. The van der Waals surface area contributed by atoms with Gasteiger partial charge in [-0.25, -0.2) is 14.3 Å². The molecule has 0 aliphatic heterocycles. The van der Waals surface area contributed by atoms with Crippen LogP contribution in [-0.4, -0.2) is 51.6 Å². The number of aromatic nitrogens is 3. The van der Waals surface area contributed by atoms with Crippen LogP contribution in [0.1, 0.15) is 21.6 Å². The van der Waals surface area contributed by atoms with Gasteiger partial charge >= 0.3 is 12.6 Å². The Labute approximate surface area is 164 Å². The summed E-state index contributed by atoms with van der Waals surface area (Å²) < 4.78 is 35.2. The minimum atomic E-state index is -2.90. The van der Waals surface area contributed by atoms with E-state index < -0.39 is 25.1 Å². The molecule has 1 amide bonds. The van der Waals surface area contributed by atoms with Crippen LogP contribution < -0.4 is 4.74 Å². The number of ether oxygens (including phenoxy) is 2. The summed E-state index contributed by atoms with van der Waals surface area (Å²) in [4.78, 5) is 30.1. The molecule has 0 N–H and O–H groups in total. The SMILES string of the molecule is Cc1nn2cccnc2c1C(=O)OCC(=O)N(C)Cc1ccc(OC(F)F)cc1. The third-order valence-corrected chi connectivity index (χ3v) is 4.10. The van der Waals surface area contributed by atoms with Crippen molar-refractivity contribution < 1.29 is 27.8 Å². The smallest absolute Gasteiger partial charge is 0.387 e. The van der Waals surface area contributed by atoms with E-state index in [1.165, 1.54) is 27.7 Å². The van der Waals surface area contributed by atoms with Crippen molar-refractivity contribution in [3.63, 3.8) is 0 Å². The number of carbonyl (C=O) groups excluding carboxylic acids is 2. The molecule has 1 aromatic carbocycles. The molecule has 29 heavy (non-hydrogen) atoms. The zero-order chi connectivity index (χ0) is 21.0. The van der Waals surface area contributed by atoms with E-state index in [4.69, 9.17) is 4.74 Å². The maximum absolute atomic E-state index is 12.4. The molecule has 3 aromatic rings. The Balaban J connectivity index is 1.57. The van der Waals surface area contributed by atoms with Gasteiger partial charge in [0.25, 0.3) is 5.91 Å². The molecule has 0 spiro atoms. The van der Waals surface area contributed by atoms with Crippen LogP contribution in [0, 0.1) is 6.92 Å². The van der Waals surface area contributed by atoms with Crippen molar-refractivity contribution in [2.75, 3.05) is 13.7 Å². The van der Waals surface area contributed by atoms with Crippen molar-refractivity contribution in [1.82, 2.24) is 19.5 Å². The summed E-state index contributed by atoms with van der Waals surface area (Å²) >= 11 is 0. The van der Waals surface area contributed by atoms with Gasteiger partial charge in [0.05, 0.1) is 5.69 Å². The highest BCUT2D eigenvalue weighted by Gasteiger charge is 2.21. The molecule has 0 unspecified atom stereocenters. The van der Waals surface area contributed by atoms with E-state index >= 15 is 0 Å². The lowest BCUT2D eigenvalue weighted by atomic mass is 10.2. The van der Waals surface area contributed by atoms with Gasteiger partial charge in [0, 0.05) is 26.0 Å². The zero-order valence-electron chi connectivity index (χ0n) is 15.7. The molecule has 0 atom stereocenters. The van der Waals surface area contributed by atoms with Gasteiger partial charge in [-0.2, -0.15) is 13.9 Å². The lowest BCUT2D eigenvalue weighted by Crippen LogP contribution is -2.30. The number of esters is 1. The van der Waals surface area contributed by atoms with Crippen LogP contribution in [0.25, 0.3) is 5.65 Å². The maximum atomic E-state index is 12.4. The predicted molar refractivity (Wildman–Crippen MR) is 97.6 cm³/mol. The number of likely N-dealkylation sites (N-methyl/N-ethyl adjacent to an activating group) is 1. The number of halogens is 2. The lowest BCUT2D eigenvalue weighted by molar-refractivity contribution is -0.133. The number of amides is 1. The second kappa shape index (κ2) is 8.63. The first kappa shape index (κ1) is 20.2. The van der Waals surface area contributed by atoms with Crippen molar-refractivity contribution >= 4 is 17.5 Å². The quantitative estimate of drug-likeness (QED) is 0.563. The third-order valence-electron chi connectivity index (χ3n) is 4.10. The standard InChI is InChI=1S/C19H18F2N4O4/c1-12-16(17-22-8-3-9-25(17)23-12)18(27)28-11-15(26)24(2)10-13-4-6-14(7-5-13)29-19(20)21/h3-9,19H,10-11H2,1-2H3. The lowest BCUT2D eigenvalue weighted by Gasteiger charge is -2.17. The number of alkyl halides is 2. The van der Waals surface area contributed by atoms with Gasteiger partial charge < -0.3 is 14.4 Å². The van der Waals surface area contributed by atoms with Crippen LogP contribution in [0.5, 0.6) is 5.75 Å². The molecular formula is C19H18F2N4O4. The molecule has 152 valence electrons. The van der Waals surface area contributed by atoms with E-state index in [1.54, 1.807) is 38.4 Å². The van der Waals surface area contributed by atoms with E-state index in [0.29, 0.717) is 16.9 Å². The van der Waals surface area contributed by atoms with E-state index in [9.17, 15) is 18.4 Å². The first-order valence-corrected chi connectivity index (χ1v) is 8.60. The van der Waals surface area contributed by atoms with Crippen molar-refractivity contribution in [2.45, 2.75) is 20.1 Å². The van der Waals surface area contributed by atoms with E-state index in [-0.39, 0.29) is 17.9 Å². The van der Waals surface area contributed by atoms with Crippen molar-refractivity contribution in [3.8, 4) is 5.75 Å². The highest BCUT2D eigenvalue weighted by Crippen LogP contribution is 2.16. The summed E-state index contributed by atoms with van der Waals surface area (Å²) in [6.45, 7) is -1.49. The Bertz CT molecular complexity index is 1020. The van der Waals surface area contributed by atoms with Crippen LogP contribution in [0.15, 0.2) is 42.7 Å². The summed E-state index contributed by atoms with van der Waals surface area (Å²) in [5.74, 6) is -1.08. The number of hydrogen-bond donors (Lipinski definition) is 0. The Morgan fingerprint density at radius 3 is 2.66 bits per heavy atom. The summed E-state index contributed by atoms with van der Waals surface area (Å²) in [6.07, 6.45) is 3.19. The van der Waals surface area contributed by atoms with Gasteiger partial charge in [-0.15, -0.1) is 0 Å². The van der Waals surface area contributed by atoms with E-state index in [1.807, 2.05) is 0 Å². The molecule has 0 fully saturated rings. The monoisotopic (exact) mass is 404 g/mol. The zero-order valence-corrected chi connectivity index (χ0v) is 15.7. The largest absolute Gasteiger partial charge is 0.452 e. The Hall–Kier alpha value is -3.56. The number of hydrogen-bond acceptors (Lipinski definition) is 6. The summed E-state index contributed by atoms with van der Waals surface area (Å²) in [6, 6.07) is 7.60. The van der Waals surface area contributed by atoms with Gasteiger partial charge in [0.15, 0.2) is 12.3 Å². The maximum Gasteiger partial charge on any atom is 0.387 e. The molecule has 2 aromatic heterocycles. The topological polar surface area (TPSA) is 86.0 Å². The van der Waals surface area contributed by atoms with Crippen LogP contribution in [0.2, 0.25) is 0 Å². The third kappa shape index (κ3) is 4.84. The van der Waals surface area contributed by atoms with Crippen LogP contribution in [-0.2, 0) is 16.1 Å². The molecule has 0 aliphatic carbocycles. The number of rotatable bonds is 7. The van der Waals surface area contributed by atoms with Crippen LogP contribution in [0.3, 0.4) is 0 Å². The van der Waals surface area contributed by atoms with Crippen molar-refractivity contribution in [3.05, 3.63) is 59.5 Å². The molecular weight excluding hydrogens is 386 g/mol. The van der Waals surface area contributed by atoms with E-state index in [0.717, 1.165) is 0 Å². The average Bonchev–Trinajstić information content (AvgIpc) is 3.02. The van der Waals surface area contributed by atoms with Crippen molar-refractivity contribution in [2.24, 2.45) is 0 Å². The van der Waals surface area contributed by atoms with Gasteiger partial charge in [-0.3, -0.25) is 4.79 Å². The van der Waals surface area contributed by atoms with Gasteiger partial charge in [0.2, 0.25) is 0 Å². The fraction of sp³-hybridized carbons (Fsp3) is 0.263. The van der Waals surface area contributed by atoms with E-state index in [2.05, 4.69) is 14.8 Å². The first-order chi connectivity index (χ1) is 13.8.